The number of cyclic esters (lactones) is 1. The highest BCUT2D eigenvalue weighted by Gasteiger charge is 2.60. The smallest absolute Gasteiger partial charge is 0.342 e. The van der Waals surface area contributed by atoms with Gasteiger partial charge in [0.15, 0.2) is 0 Å². The highest BCUT2D eigenvalue weighted by molar-refractivity contribution is 7.99. The quantitative estimate of drug-likeness (QED) is 0.358. The molecule has 0 N–H and O–H groups in total. The van der Waals surface area contributed by atoms with Gasteiger partial charge in [-0.1, -0.05) is 31.2 Å². The van der Waals surface area contributed by atoms with Crippen LogP contribution in [0.5, 0.6) is 0 Å². The number of β-lactam (4-membered cyclic amide) rings is 1. The number of thioether (sulfide) groups is 1. The van der Waals surface area contributed by atoms with Gasteiger partial charge in [-0.15, -0.1) is 0 Å². The van der Waals surface area contributed by atoms with Crippen molar-refractivity contribution in [1.29, 1.82) is 0 Å². The summed E-state index contributed by atoms with van der Waals surface area (Å²) in [5.74, 6) is -1.19. The molecular formula is C22H23NO7S. The summed E-state index contributed by atoms with van der Waals surface area (Å²) < 4.78 is 15.4. The molecule has 2 saturated heterocycles. The monoisotopic (exact) mass is 445 g/mol. The van der Waals surface area contributed by atoms with Crippen LogP contribution in [0.25, 0.3) is 0 Å². The van der Waals surface area contributed by atoms with Crippen molar-refractivity contribution < 1.29 is 33.4 Å². The average molecular weight is 445 g/mol. The molecule has 5 unspecified atom stereocenters. The fourth-order valence-electron chi connectivity index (χ4n) is 4.45. The number of hydrogen-bond acceptors (Lipinski definition) is 8. The summed E-state index contributed by atoms with van der Waals surface area (Å²) in [4.78, 5) is 50.8. The molecule has 3 aliphatic rings. The molecule has 0 radical (unpaired) electrons. The van der Waals surface area contributed by atoms with Crippen LogP contribution >= 0.6 is 11.8 Å². The lowest BCUT2D eigenvalue weighted by Crippen LogP contribution is -2.62. The molecule has 4 rings (SSSR count). The van der Waals surface area contributed by atoms with E-state index in [1.165, 1.54) is 13.2 Å². The first kappa shape index (κ1) is 21.4. The number of benzene rings is 1. The van der Waals surface area contributed by atoms with Crippen LogP contribution in [-0.2, 0) is 28.6 Å². The van der Waals surface area contributed by atoms with Crippen LogP contribution in [0.2, 0.25) is 0 Å². The third-order valence-corrected chi connectivity index (χ3v) is 7.07. The van der Waals surface area contributed by atoms with E-state index in [9.17, 15) is 19.2 Å². The van der Waals surface area contributed by atoms with Gasteiger partial charge in [0.25, 0.3) is 6.29 Å². The summed E-state index contributed by atoms with van der Waals surface area (Å²) in [7, 11) is 1.29. The number of methoxy groups -OCH3 is 1. The van der Waals surface area contributed by atoms with Crippen LogP contribution in [-0.4, -0.2) is 58.9 Å². The maximum Gasteiger partial charge on any atom is 0.342 e. The number of hydrogen-bond donors (Lipinski definition) is 0. The van der Waals surface area contributed by atoms with Crippen molar-refractivity contribution in [3.8, 4) is 0 Å². The van der Waals surface area contributed by atoms with Gasteiger partial charge in [-0.25, -0.2) is 14.4 Å². The van der Waals surface area contributed by atoms with Crippen molar-refractivity contribution in [2.75, 3.05) is 12.9 Å². The number of nitrogens with zero attached hydrogens (tertiary/aromatic N) is 1. The molecule has 1 aromatic rings. The number of carbonyl (C=O) groups is 4. The Morgan fingerprint density at radius 3 is 2.81 bits per heavy atom. The number of ether oxygens (including phenoxy) is 3. The van der Waals surface area contributed by atoms with E-state index in [1.54, 1.807) is 47.0 Å². The van der Waals surface area contributed by atoms with Gasteiger partial charge in [0, 0.05) is 22.9 Å². The fraction of sp³-hybridized carbons (Fsp3) is 0.455. The van der Waals surface area contributed by atoms with E-state index < -0.39 is 30.2 Å². The molecule has 0 bridgehead atoms. The minimum absolute atomic E-state index is 0.0881. The normalized spacial score (nSPS) is 28.7. The maximum absolute atomic E-state index is 13.1. The van der Waals surface area contributed by atoms with Gasteiger partial charge < -0.3 is 19.1 Å². The molecule has 3 heterocycles. The van der Waals surface area contributed by atoms with Gasteiger partial charge >= 0.3 is 17.9 Å². The molecule has 1 amide bonds. The maximum atomic E-state index is 13.1. The summed E-state index contributed by atoms with van der Waals surface area (Å²) >= 11 is 1.61. The van der Waals surface area contributed by atoms with Gasteiger partial charge in [-0.2, -0.15) is 11.8 Å². The van der Waals surface area contributed by atoms with Crippen LogP contribution < -0.4 is 0 Å². The minimum Gasteiger partial charge on any atom is -0.466 e. The van der Waals surface area contributed by atoms with Crippen LogP contribution in [0, 0.1) is 5.92 Å². The Morgan fingerprint density at radius 2 is 2.06 bits per heavy atom. The Bertz CT molecular complexity index is 946. The number of esters is 3. The summed E-state index contributed by atoms with van der Waals surface area (Å²) in [6.45, 7) is 2.00. The zero-order valence-electron chi connectivity index (χ0n) is 17.2. The van der Waals surface area contributed by atoms with E-state index in [1.807, 2.05) is 6.92 Å². The minimum atomic E-state index is -1.10. The van der Waals surface area contributed by atoms with Gasteiger partial charge in [0.1, 0.15) is 6.04 Å². The zero-order chi connectivity index (χ0) is 22.1. The molecule has 0 aliphatic carbocycles. The first-order valence-corrected chi connectivity index (χ1v) is 11.2. The van der Waals surface area contributed by atoms with E-state index in [4.69, 9.17) is 9.47 Å². The van der Waals surface area contributed by atoms with Crippen LogP contribution in [0.15, 0.2) is 36.4 Å². The predicted molar refractivity (Wildman–Crippen MR) is 111 cm³/mol. The zero-order valence-corrected chi connectivity index (χ0v) is 18.0. The number of fused-ring (bicyclic) bond motifs is 2. The molecule has 8 nitrogen and oxygen atoms in total. The molecule has 0 saturated carbocycles. The topological polar surface area (TPSA) is 99.2 Å². The van der Waals surface area contributed by atoms with Crippen LogP contribution in [0.1, 0.15) is 42.0 Å². The molecule has 0 aromatic heterocycles. The predicted octanol–water partition coefficient (Wildman–Crippen LogP) is 2.24. The van der Waals surface area contributed by atoms with Crippen molar-refractivity contribution in [2.45, 2.75) is 43.4 Å². The summed E-state index contributed by atoms with van der Waals surface area (Å²) in [5.41, 5.74) is 0.886. The standard InChI is InChI=1S/C22H23NO7S/c1-3-31-16-11-15-14(9-6-10-17(24)28-2)19(25)23(15)18(16)21(27)30-22-13-8-5-4-7-12(13)20(26)29-22/h4-8,10,14-16,18,22H,3,9,11H2,1-2H3/b10-6+. The molecule has 3 aliphatic heterocycles. The average Bonchev–Trinajstić information content (AvgIpc) is 3.27. The van der Waals surface area contributed by atoms with Crippen LogP contribution in [0.3, 0.4) is 0 Å². The molecule has 0 spiro atoms. The SMILES string of the molecule is CCSC1CC2C(C/C=C/C(=O)OC)C(=O)N2C1C(=O)OC1OC(=O)c2ccccc21. The fourth-order valence-corrected chi connectivity index (χ4v) is 5.64. The number of carbonyl (C=O) groups excluding carboxylic acids is 4. The van der Waals surface area contributed by atoms with E-state index in [0.29, 0.717) is 24.0 Å². The van der Waals surface area contributed by atoms with Gasteiger partial charge in [0.2, 0.25) is 5.91 Å². The number of allylic oxidation sites excluding steroid dienone is 1. The molecular weight excluding hydrogens is 422 g/mol. The Labute approximate surface area is 183 Å². The van der Waals surface area contributed by atoms with E-state index in [-0.39, 0.29) is 23.1 Å². The lowest BCUT2D eigenvalue weighted by atomic mass is 9.85. The first-order valence-electron chi connectivity index (χ1n) is 10.1. The summed E-state index contributed by atoms with van der Waals surface area (Å²) in [5, 5.41) is -0.103. The highest BCUT2D eigenvalue weighted by Crippen LogP contribution is 2.46. The van der Waals surface area contributed by atoms with Gasteiger partial charge in [-0.05, 0) is 24.7 Å². The summed E-state index contributed by atoms with van der Waals surface area (Å²) in [6, 6.07) is 5.95. The number of rotatable bonds is 7. The molecule has 31 heavy (non-hydrogen) atoms. The van der Waals surface area contributed by atoms with Crippen molar-refractivity contribution in [3.05, 3.63) is 47.5 Å². The molecule has 5 atom stereocenters. The largest absolute Gasteiger partial charge is 0.466 e. The Morgan fingerprint density at radius 1 is 1.29 bits per heavy atom. The molecule has 1 aromatic carbocycles. The van der Waals surface area contributed by atoms with Gasteiger partial charge in [0.05, 0.1) is 18.6 Å². The van der Waals surface area contributed by atoms with Crippen molar-refractivity contribution in [2.24, 2.45) is 5.92 Å². The van der Waals surface area contributed by atoms with E-state index >= 15 is 0 Å². The lowest BCUT2D eigenvalue weighted by molar-refractivity contribution is -0.180. The Kier molecular flexibility index (Phi) is 6.04. The molecule has 164 valence electrons. The van der Waals surface area contributed by atoms with Crippen molar-refractivity contribution in [3.63, 3.8) is 0 Å². The second kappa shape index (κ2) is 8.74. The first-order chi connectivity index (χ1) is 15.0. The third-order valence-electron chi connectivity index (χ3n) is 5.86. The van der Waals surface area contributed by atoms with E-state index in [2.05, 4.69) is 4.74 Å². The van der Waals surface area contributed by atoms with Crippen LogP contribution in [0.4, 0.5) is 0 Å². The number of amides is 1. The van der Waals surface area contributed by atoms with E-state index in [0.717, 1.165) is 5.75 Å². The Hall–Kier alpha value is -2.81. The second-order valence-electron chi connectivity index (χ2n) is 7.52. The van der Waals surface area contributed by atoms with Gasteiger partial charge in [-0.3, -0.25) is 4.79 Å². The third kappa shape index (κ3) is 3.82. The lowest BCUT2D eigenvalue weighted by Gasteiger charge is -2.44. The van der Waals surface area contributed by atoms with Crippen molar-refractivity contribution in [1.82, 2.24) is 4.90 Å². The molecule has 9 heteroatoms. The van der Waals surface area contributed by atoms with Crippen molar-refractivity contribution >= 4 is 35.6 Å². The Balaban J connectivity index is 1.47. The summed E-state index contributed by atoms with van der Waals surface area (Å²) in [6.07, 6.45) is 2.92. The highest BCUT2D eigenvalue weighted by atomic mass is 32.2. The second-order valence-corrected chi connectivity index (χ2v) is 9.03. The molecule has 2 fully saturated rings.